The van der Waals surface area contributed by atoms with Crippen molar-refractivity contribution in [1.82, 2.24) is 0 Å². The van der Waals surface area contributed by atoms with Gasteiger partial charge >= 0.3 is 0 Å². The van der Waals surface area contributed by atoms with E-state index in [1.807, 2.05) is 6.92 Å². The van der Waals surface area contributed by atoms with Gasteiger partial charge in [0.25, 0.3) is 0 Å². The smallest absolute Gasteiger partial charge is 0.169 e. The maximum Gasteiger partial charge on any atom is 0.169 e. The van der Waals surface area contributed by atoms with Crippen LogP contribution in [0.5, 0.6) is 0 Å². The highest BCUT2D eigenvalue weighted by Gasteiger charge is 2.57. The van der Waals surface area contributed by atoms with Crippen LogP contribution in [0.4, 0.5) is 0 Å². The average Bonchev–Trinajstić information content (AvgIpc) is 3.09. The Morgan fingerprint density at radius 3 is 2.44 bits per heavy atom. The lowest BCUT2D eigenvalue weighted by Gasteiger charge is -2.56. The number of hydrogen-bond donors (Lipinski definition) is 1. The molecule has 0 bridgehead atoms. The fourth-order valence-corrected chi connectivity index (χ4v) is 7.96. The third-order valence-corrected chi connectivity index (χ3v) is 10.5. The van der Waals surface area contributed by atoms with Crippen molar-refractivity contribution in [3.05, 3.63) is 35.5 Å². The fraction of sp³-hybridized carbons (Fsp3) is 0.800. The second-order valence-corrected chi connectivity index (χ2v) is 12.5. The summed E-state index contributed by atoms with van der Waals surface area (Å²) >= 11 is 0. The summed E-state index contributed by atoms with van der Waals surface area (Å²) in [5.74, 6) is 3.24. The van der Waals surface area contributed by atoms with Gasteiger partial charge in [0.15, 0.2) is 5.79 Å². The molecule has 2 heteroatoms. The highest BCUT2D eigenvalue weighted by Crippen LogP contribution is 2.66. The summed E-state index contributed by atoms with van der Waals surface area (Å²) in [6, 6.07) is 0. The Bertz CT molecular complexity index is 791. The van der Waals surface area contributed by atoms with Gasteiger partial charge in [0.2, 0.25) is 0 Å². The predicted octanol–water partition coefficient (Wildman–Crippen LogP) is 7.70. The van der Waals surface area contributed by atoms with Gasteiger partial charge in [-0.3, -0.25) is 0 Å². The molecule has 0 amide bonds. The highest BCUT2D eigenvalue weighted by atomic mass is 16.6. The first kappa shape index (κ1) is 24.3. The van der Waals surface area contributed by atoms with E-state index in [-0.39, 0.29) is 5.41 Å². The molecule has 0 aliphatic heterocycles. The van der Waals surface area contributed by atoms with Gasteiger partial charge in [-0.05, 0) is 85.4 Å². The number of rotatable bonds is 6. The van der Waals surface area contributed by atoms with Crippen molar-refractivity contribution < 1.29 is 9.84 Å². The molecular weight excluding hydrogens is 392 g/mol. The number of allylic oxidation sites excluding steroid dienone is 5. The minimum atomic E-state index is -0.956. The molecule has 8 atom stereocenters. The first-order valence-corrected chi connectivity index (χ1v) is 13.5. The van der Waals surface area contributed by atoms with Gasteiger partial charge in [0, 0.05) is 19.4 Å². The monoisotopic (exact) mass is 440 g/mol. The second-order valence-electron chi connectivity index (χ2n) is 12.5. The molecule has 3 saturated carbocycles. The fourth-order valence-electron chi connectivity index (χ4n) is 7.96. The maximum absolute atomic E-state index is 10.9. The molecule has 0 unspecified atom stereocenters. The zero-order chi connectivity index (χ0) is 23.3. The van der Waals surface area contributed by atoms with Gasteiger partial charge in [-0.25, -0.2) is 0 Å². The van der Waals surface area contributed by atoms with Crippen LogP contribution in [0.25, 0.3) is 0 Å². The zero-order valence-electron chi connectivity index (χ0n) is 21.8. The summed E-state index contributed by atoms with van der Waals surface area (Å²) in [4.78, 5) is 0. The number of ether oxygens (including phenoxy) is 1. The Kier molecular flexibility index (Phi) is 6.62. The van der Waals surface area contributed by atoms with Crippen molar-refractivity contribution in [2.24, 2.45) is 46.3 Å². The lowest BCUT2D eigenvalue weighted by molar-refractivity contribution is -0.219. The van der Waals surface area contributed by atoms with Gasteiger partial charge in [-0.15, -0.1) is 0 Å². The number of aliphatic hydroxyl groups is 1. The van der Waals surface area contributed by atoms with Crippen molar-refractivity contribution in [1.29, 1.82) is 0 Å². The Morgan fingerprint density at radius 2 is 1.75 bits per heavy atom. The Balaban J connectivity index is 1.56. The van der Waals surface area contributed by atoms with Crippen LogP contribution < -0.4 is 0 Å². The van der Waals surface area contributed by atoms with Gasteiger partial charge in [-0.2, -0.15) is 0 Å². The van der Waals surface area contributed by atoms with Crippen molar-refractivity contribution >= 4 is 0 Å². The molecule has 0 aromatic heterocycles. The summed E-state index contributed by atoms with van der Waals surface area (Å²) in [7, 11) is 0. The van der Waals surface area contributed by atoms with Gasteiger partial charge < -0.3 is 9.84 Å². The summed E-state index contributed by atoms with van der Waals surface area (Å²) in [6.45, 7) is 17.1. The summed E-state index contributed by atoms with van der Waals surface area (Å²) in [5, 5.41) is 10.9. The molecular formula is C30H48O2. The van der Waals surface area contributed by atoms with Crippen LogP contribution in [0.3, 0.4) is 0 Å². The van der Waals surface area contributed by atoms with E-state index < -0.39 is 5.79 Å². The maximum atomic E-state index is 10.9. The molecule has 32 heavy (non-hydrogen) atoms. The van der Waals surface area contributed by atoms with E-state index >= 15 is 0 Å². The van der Waals surface area contributed by atoms with E-state index in [1.165, 1.54) is 31.3 Å². The Labute approximate surface area is 197 Å². The highest BCUT2D eigenvalue weighted by molar-refractivity contribution is 5.39. The predicted molar refractivity (Wildman–Crippen MR) is 134 cm³/mol. The van der Waals surface area contributed by atoms with Crippen LogP contribution in [0.15, 0.2) is 35.5 Å². The van der Waals surface area contributed by atoms with Crippen molar-refractivity contribution in [2.75, 3.05) is 6.61 Å². The largest absolute Gasteiger partial charge is 0.365 e. The quantitative estimate of drug-likeness (QED) is 0.339. The molecule has 0 heterocycles. The molecule has 2 nitrogen and oxygen atoms in total. The zero-order valence-corrected chi connectivity index (χ0v) is 21.8. The molecule has 0 spiro atoms. The SMILES string of the molecule is CCO[C@]1(O)CC[C@@]2(C)C(=CC=C3[C@@H]4CC[C@H]([C@H](C)/C=C/[C@H](C)C(C)C)[C@@]4(C)CC[C@@H]32)C1. The third kappa shape index (κ3) is 3.98. The van der Waals surface area contributed by atoms with E-state index in [0.717, 1.165) is 24.7 Å². The lowest BCUT2D eigenvalue weighted by atomic mass is 9.50. The summed E-state index contributed by atoms with van der Waals surface area (Å²) in [6.07, 6.45) is 17.7. The van der Waals surface area contributed by atoms with E-state index in [2.05, 4.69) is 65.8 Å². The third-order valence-electron chi connectivity index (χ3n) is 10.5. The van der Waals surface area contributed by atoms with Crippen LogP contribution >= 0.6 is 0 Å². The molecule has 4 aliphatic rings. The van der Waals surface area contributed by atoms with Crippen LogP contribution in [0.1, 0.15) is 93.4 Å². The first-order valence-electron chi connectivity index (χ1n) is 13.5. The van der Waals surface area contributed by atoms with E-state index in [4.69, 9.17) is 4.74 Å². The first-order chi connectivity index (χ1) is 15.0. The molecule has 4 rings (SSSR count). The van der Waals surface area contributed by atoms with Crippen molar-refractivity contribution in [2.45, 2.75) is 99.2 Å². The van der Waals surface area contributed by atoms with E-state index in [0.29, 0.717) is 42.1 Å². The lowest BCUT2D eigenvalue weighted by Crippen LogP contribution is -2.49. The van der Waals surface area contributed by atoms with Crippen LogP contribution in [0, 0.1) is 46.3 Å². The van der Waals surface area contributed by atoms with Crippen molar-refractivity contribution in [3.63, 3.8) is 0 Å². The molecule has 0 radical (unpaired) electrons. The standard InChI is InChI=1S/C30H48O2/c1-8-32-30(31)18-17-28(6)23(19-30)11-12-24-26-14-13-25(29(26,7)16-15-27(24)28)22(5)10-9-21(4)20(2)3/h9-12,20-22,25-27,31H,8,13-19H2,1-7H3/b10-9+/t21-,22+,25+,26-,27-,28-,29+,30+/m0/s1. The molecule has 0 saturated heterocycles. The molecule has 180 valence electrons. The second kappa shape index (κ2) is 8.73. The Morgan fingerprint density at radius 1 is 1.00 bits per heavy atom. The molecule has 0 aromatic carbocycles. The van der Waals surface area contributed by atoms with Crippen LogP contribution in [-0.4, -0.2) is 17.5 Å². The van der Waals surface area contributed by atoms with Gasteiger partial charge in [0.1, 0.15) is 0 Å². The normalized spacial score (nSPS) is 43.3. The summed E-state index contributed by atoms with van der Waals surface area (Å²) in [5.41, 5.74) is 3.78. The van der Waals surface area contributed by atoms with Gasteiger partial charge in [0.05, 0.1) is 0 Å². The van der Waals surface area contributed by atoms with Gasteiger partial charge in [-0.1, -0.05) is 77.0 Å². The summed E-state index contributed by atoms with van der Waals surface area (Å²) < 4.78 is 5.77. The van der Waals surface area contributed by atoms with E-state index in [1.54, 1.807) is 5.57 Å². The molecule has 4 aliphatic carbocycles. The topological polar surface area (TPSA) is 29.5 Å². The minimum Gasteiger partial charge on any atom is -0.365 e. The van der Waals surface area contributed by atoms with Crippen LogP contribution in [0.2, 0.25) is 0 Å². The van der Waals surface area contributed by atoms with Crippen LogP contribution in [-0.2, 0) is 4.74 Å². The minimum absolute atomic E-state index is 0.199. The molecule has 1 N–H and O–H groups in total. The number of fused-ring (bicyclic) bond motifs is 5. The molecule has 3 fully saturated rings. The van der Waals surface area contributed by atoms with E-state index in [9.17, 15) is 5.11 Å². The Hall–Kier alpha value is -0.860. The molecule has 0 aromatic rings. The number of hydrogen-bond acceptors (Lipinski definition) is 2. The average molecular weight is 441 g/mol. The van der Waals surface area contributed by atoms with Crippen molar-refractivity contribution in [3.8, 4) is 0 Å².